The summed E-state index contributed by atoms with van der Waals surface area (Å²) in [5, 5.41) is 12.1. The maximum Gasteiger partial charge on any atom is 0.396 e. The highest BCUT2D eigenvalue weighted by Gasteiger charge is 2.16. The van der Waals surface area contributed by atoms with Crippen molar-refractivity contribution in [1.82, 2.24) is 15.5 Å². The molecule has 0 unspecified atom stereocenters. The van der Waals surface area contributed by atoms with Crippen molar-refractivity contribution in [2.24, 2.45) is 0 Å². The number of nitrogens with one attached hydrogen (secondary N) is 1. The number of carbonyl (C=O) groups is 2. The van der Waals surface area contributed by atoms with Gasteiger partial charge in [-0.2, -0.15) is 0 Å². The first-order valence-electron chi connectivity index (χ1n) is 6.11. The van der Waals surface area contributed by atoms with Crippen LogP contribution in [0.3, 0.4) is 0 Å². The monoisotopic (exact) mass is 327 g/mol. The molecular formula is C12H13N3O4S2. The minimum absolute atomic E-state index is 0.135. The van der Waals surface area contributed by atoms with E-state index in [0.717, 1.165) is 16.6 Å². The molecule has 2 aromatic rings. The van der Waals surface area contributed by atoms with Crippen molar-refractivity contribution < 1.29 is 18.7 Å². The van der Waals surface area contributed by atoms with Gasteiger partial charge in [0.05, 0.1) is 18.9 Å². The number of rotatable bonds is 7. The Morgan fingerprint density at radius 2 is 2.33 bits per heavy atom. The SMILES string of the molecule is CCOC(=O)c1nnc(SCC(=O)NCc2cccs2)o1. The van der Waals surface area contributed by atoms with Crippen LogP contribution in [0.1, 0.15) is 22.5 Å². The van der Waals surface area contributed by atoms with Gasteiger partial charge >= 0.3 is 11.9 Å². The minimum atomic E-state index is -0.668. The zero-order valence-electron chi connectivity index (χ0n) is 11.2. The van der Waals surface area contributed by atoms with Crippen LogP contribution in [0.4, 0.5) is 0 Å². The highest BCUT2D eigenvalue weighted by atomic mass is 32.2. The Morgan fingerprint density at radius 1 is 1.48 bits per heavy atom. The minimum Gasteiger partial charge on any atom is -0.459 e. The van der Waals surface area contributed by atoms with Crippen LogP contribution in [0.25, 0.3) is 0 Å². The van der Waals surface area contributed by atoms with Crippen LogP contribution in [-0.2, 0) is 16.1 Å². The highest BCUT2D eigenvalue weighted by molar-refractivity contribution is 7.99. The maximum absolute atomic E-state index is 11.6. The zero-order valence-corrected chi connectivity index (χ0v) is 12.8. The molecule has 7 nitrogen and oxygen atoms in total. The van der Waals surface area contributed by atoms with Gasteiger partial charge in [-0.1, -0.05) is 22.9 Å². The Morgan fingerprint density at radius 3 is 3.05 bits per heavy atom. The van der Waals surface area contributed by atoms with E-state index in [1.807, 2.05) is 17.5 Å². The number of hydrogen-bond acceptors (Lipinski definition) is 8. The van der Waals surface area contributed by atoms with Crippen molar-refractivity contribution in [2.75, 3.05) is 12.4 Å². The topological polar surface area (TPSA) is 94.3 Å². The lowest BCUT2D eigenvalue weighted by molar-refractivity contribution is -0.118. The van der Waals surface area contributed by atoms with Crippen molar-refractivity contribution in [2.45, 2.75) is 18.7 Å². The molecular weight excluding hydrogens is 314 g/mol. The molecule has 2 aromatic heterocycles. The molecule has 0 spiro atoms. The molecule has 0 aliphatic rings. The summed E-state index contributed by atoms with van der Waals surface area (Å²) in [6.07, 6.45) is 0. The molecule has 1 amide bonds. The summed E-state index contributed by atoms with van der Waals surface area (Å²) in [6, 6.07) is 3.87. The smallest absolute Gasteiger partial charge is 0.396 e. The van der Waals surface area contributed by atoms with Gasteiger partial charge in [-0.15, -0.1) is 16.4 Å². The fourth-order valence-electron chi connectivity index (χ4n) is 1.32. The molecule has 0 bridgehead atoms. The molecule has 1 N–H and O–H groups in total. The van der Waals surface area contributed by atoms with Crippen LogP contribution >= 0.6 is 23.1 Å². The summed E-state index contributed by atoms with van der Waals surface area (Å²) >= 11 is 2.64. The van der Waals surface area contributed by atoms with E-state index in [1.54, 1.807) is 18.3 Å². The Balaban J connectivity index is 1.75. The van der Waals surface area contributed by atoms with Gasteiger partial charge in [-0.25, -0.2) is 4.79 Å². The molecule has 0 saturated heterocycles. The number of hydrogen-bond donors (Lipinski definition) is 1. The normalized spacial score (nSPS) is 10.3. The standard InChI is InChI=1S/C12H13N3O4S2/c1-2-18-11(17)10-14-15-12(19-10)21-7-9(16)13-6-8-4-3-5-20-8/h3-5H,2,6-7H2,1H3,(H,13,16). The molecule has 0 aliphatic heterocycles. The molecule has 112 valence electrons. The first kappa shape index (κ1) is 15.5. The van der Waals surface area contributed by atoms with E-state index in [9.17, 15) is 9.59 Å². The van der Waals surface area contributed by atoms with Crippen molar-refractivity contribution >= 4 is 35.0 Å². The van der Waals surface area contributed by atoms with E-state index in [4.69, 9.17) is 9.15 Å². The number of amides is 1. The second-order valence-electron chi connectivity index (χ2n) is 3.74. The number of aromatic nitrogens is 2. The second-order valence-corrected chi connectivity index (χ2v) is 5.70. The van der Waals surface area contributed by atoms with Crippen LogP contribution in [0.2, 0.25) is 0 Å². The van der Waals surface area contributed by atoms with Crippen LogP contribution in [0.5, 0.6) is 0 Å². The molecule has 21 heavy (non-hydrogen) atoms. The predicted molar refractivity (Wildman–Crippen MR) is 77.1 cm³/mol. The van der Waals surface area contributed by atoms with E-state index in [2.05, 4.69) is 15.5 Å². The molecule has 9 heteroatoms. The van der Waals surface area contributed by atoms with E-state index < -0.39 is 5.97 Å². The number of nitrogens with zero attached hydrogens (tertiary/aromatic N) is 2. The van der Waals surface area contributed by atoms with E-state index in [-0.39, 0.29) is 29.4 Å². The Bertz CT molecular complexity index is 597. The molecule has 0 radical (unpaired) electrons. The molecule has 0 aromatic carbocycles. The average Bonchev–Trinajstić information content (AvgIpc) is 3.14. The van der Waals surface area contributed by atoms with Crippen LogP contribution in [-0.4, -0.2) is 34.4 Å². The van der Waals surface area contributed by atoms with Crippen molar-refractivity contribution in [3.8, 4) is 0 Å². The summed E-state index contributed by atoms with van der Waals surface area (Å²) in [5.74, 6) is -0.892. The van der Waals surface area contributed by atoms with E-state index in [0.29, 0.717) is 6.54 Å². The third-order valence-electron chi connectivity index (χ3n) is 2.22. The third-order valence-corrected chi connectivity index (χ3v) is 3.92. The van der Waals surface area contributed by atoms with E-state index in [1.165, 1.54) is 0 Å². The molecule has 2 heterocycles. The molecule has 0 atom stereocenters. The number of esters is 1. The fraction of sp³-hybridized carbons (Fsp3) is 0.333. The Kier molecular flexibility index (Phi) is 5.76. The van der Waals surface area contributed by atoms with Gasteiger partial charge in [0.2, 0.25) is 5.91 Å². The van der Waals surface area contributed by atoms with Crippen molar-refractivity contribution in [1.29, 1.82) is 0 Å². The second kappa shape index (κ2) is 7.79. The van der Waals surface area contributed by atoms with Gasteiger partial charge in [0.15, 0.2) is 0 Å². The molecule has 2 rings (SSSR count). The quantitative estimate of drug-likeness (QED) is 0.611. The van der Waals surface area contributed by atoms with Gasteiger partial charge in [0, 0.05) is 4.88 Å². The van der Waals surface area contributed by atoms with Crippen molar-refractivity contribution in [3.63, 3.8) is 0 Å². The van der Waals surface area contributed by atoms with E-state index >= 15 is 0 Å². The van der Waals surface area contributed by atoms with Gasteiger partial charge in [0.1, 0.15) is 0 Å². The molecule has 0 aliphatic carbocycles. The largest absolute Gasteiger partial charge is 0.459 e. The molecule has 0 fully saturated rings. The average molecular weight is 327 g/mol. The van der Waals surface area contributed by atoms with Gasteiger partial charge in [-0.05, 0) is 18.4 Å². The number of thiophene rings is 1. The fourth-order valence-corrected chi connectivity index (χ4v) is 2.56. The lowest BCUT2D eigenvalue weighted by Crippen LogP contribution is -2.24. The molecule has 0 saturated carbocycles. The summed E-state index contributed by atoms with van der Waals surface area (Å²) in [4.78, 5) is 24.0. The summed E-state index contributed by atoms with van der Waals surface area (Å²) in [7, 11) is 0. The number of ether oxygens (including phenoxy) is 1. The lowest BCUT2D eigenvalue weighted by Gasteiger charge is -2.01. The Labute approximate surface area is 129 Å². The van der Waals surface area contributed by atoms with Crippen LogP contribution in [0, 0.1) is 0 Å². The van der Waals surface area contributed by atoms with Gasteiger partial charge in [-0.3, -0.25) is 4.79 Å². The number of carbonyl (C=O) groups excluding carboxylic acids is 2. The summed E-state index contributed by atoms with van der Waals surface area (Å²) in [5.41, 5.74) is 0. The first-order chi connectivity index (χ1) is 10.2. The third kappa shape index (κ3) is 4.87. The first-order valence-corrected chi connectivity index (χ1v) is 7.98. The lowest BCUT2D eigenvalue weighted by atomic mass is 10.4. The Hall–Kier alpha value is -1.87. The van der Waals surface area contributed by atoms with Gasteiger partial charge in [0.25, 0.3) is 5.22 Å². The van der Waals surface area contributed by atoms with Crippen LogP contribution < -0.4 is 5.32 Å². The zero-order chi connectivity index (χ0) is 15.1. The summed E-state index contributed by atoms with van der Waals surface area (Å²) in [6.45, 7) is 2.41. The summed E-state index contributed by atoms with van der Waals surface area (Å²) < 4.78 is 9.81. The maximum atomic E-state index is 11.6. The predicted octanol–water partition coefficient (Wildman–Crippen LogP) is 1.72. The highest BCUT2D eigenvalue weighted by Crippen LogP contribution is 2.16. The van der Waals surface area contributed by atoms with Gasteiger partial charge < -0.3 is 14.5 Å². The number of thioether (sulfide) groups is 1. The van der Waals surface area contributed by atoms with Crippen molar-refractivity contribution in [3.05, 3.63) is 28.3 Å². The van der Waals surface area contributed by atoms with Crippen LogP contribution in [0.15, 0.2) is 27.2 Å².